The number of nitrogens with one attached hydrogen (secondary N) is 1. The summed E-state index contributed by atoms with van der Waals surface area (Å²) in [6.45, 7) is 4.41. The zero-order valence-corrected chi connectivity index (χ0v) is 17.3. The topological polar surface area (TPSA) is 101 Å². The molecule has 1 N–H and O–H groups in total. The van der Waals surface area contributed by atoms with Crippen LogP contribution in [0.4, 0.5) is 5.69 Å². The standard InChI is InChI=1S/C17H24N4O4S2/c1-13-7-8-15(27(24,25)21-9-5-4-6-10-21)11-16(13)19-26(22,23)17-12-20(3)14(2)18-17/h7-8,11-12,19H,4-6,9-10H2,1-3H3. The number of aromatic nitrogens is 2. The lowest BCUT2D eigenvalue weighted by atomic mass is 10.2. The second-order valence-electron chi connectivity index (χ2n) is 6.78. The highest BCUT2D eigenvalue weighted by Crippen LogP contribution is 2.26. The molecule has 0 spiro atoms. The number of benzene rings is 1. The fraction of sp³-hybridized carbons (Fsp3) is 0.471. The van der Waals surface area contributed by atoms with Crippen LogP contribution >= 0.6 is 0 Å². The van der Waals surface area contributed by atoms with Crippen LogP contribution in [0.1, 0.15) is 30.7 Å². The van der Waals surface area contributed by atoms with E-state index in [0.29, 0.717) is 24.5 Å². The van der Waals surface area contributed by atoms with E-state index < -0.39 is 20.0 Å². The highest BCUT2D eigenvalue weighted by Gasteiger charge is 2.27. The third kappa shape index (κ3) is 4.02. The predicted octanol–water partition coefficient (Wildman–Crippen LogP) is 2.01. The molecule has 0 unspecified atom stereocenters. The van der Waals surface area contributed by atoms with Gasteiger partial charge in [-0.1, -0.05) is 12.5 Å². The Labute approximate surface area is 160 Å². The van der Waals surface area contributed by atoms with E-state index in [4.69, 9.17) is 0 Å². The van der Waals surface area contributed by atoms with E-state index in [2.05, 4.69) is 9.71 Å². The molecule has 8 nitrogen and oxygen atoms in total. The Bertz CT molecular complexity index is 1030. The predicted molar refractivity (Wildman–Crippen MR) is 103 cm³/mol. The van der Waals surface area contributed by atoms with Crippen LogP contribution in [0.5, 0.6) is 0 Å². The maximum atomic E-state index is 12.9. The minimum absolute atomic E-state index is 0.0879. The van der Waals surface area contributed by atoms with Gasteiger partial charge in [0, 0.05) is 26.3 Å². The molecular weight excluding hydrogens is 388 g/mol. The van der Waals surface area contributed by atoms with Gasteiger partial charge in [-0.25, -0.2) is 13.4 Å². The third-order valence-corrected chi connectivity index (χ3v) is 7.90. The van der Waals surface area contributed by atoms with Gasteiger partial charge in [-0.2, -0.15) is 12.7 Å². The first kappa shape index (κ1) is 19.8. The summed E-state index contributed by atoms with van der Waals surface area (Å²) in [5, 5.41) is -0.105. The van der Waals surface area contributed by atoms with Gasteiger partial charge in [0.1, 0.15) is 5.82 Å². The molecular formula is C17H24N4O4S2. The molecule has 1 saturated heterocycles. The van der Waals surface area contributed by atoms with Crippen LogP contribution < -0.4 is 4.72 Å². The van der Waals surface area contributed by atoms with E-state index in [9.17, 15) is 16.8 Å². The number of nitrogens with zero attached hydrogens (tertiary/aromatic N) is 3. The van der Waals surface area contributed by atoms with Gasteiger partial charge in [0.2, 0.25) is 10.0 Å². The van der Waals surface area contributed by atoms with E-state index in [1.165, 1.54) is 22.6 Å². The molecule has 1 aromatic carbocycles. The number of sulfonamides is 2. The number of piperidine rings is 1. The zero-order chi connectivity index (χ0) is 19.8. The van der Waals surface area contributed by atoms with Crippen molar-refractivity contribution >= 4 is 25.7 Å². The minimum Gasteiger partial charge on any atom is -0.337 e. The lowest BCUT2D eigenvalue weighted by Crippen LogP contribution is -2.35. The van der Waals surface area contributed by atoms with Gasteiger partial charge >= 0.3 is 0 Å². The van der Waals surface area contributed by atoms with Crippen molar-refractivity contribution in [1.82, 2.24) is 13.9 Å². The van der Waals surface area contributed by atoms with Crippen molar-refractivity contribution in [2.24, 2.45) is 7.05 Å². The van der Waals surface area contributed by atoms with E-state index in [1.807, 2.05) is 0 Å². The zero-order valence-electron chi connectivity index (χ0n) is 15.6. The van der Waals surface area contributed by atoms with Crippen molar-refractivity contribution < 1.29 is 16.8 Å². The molecule has 10 heteroatoms. The van der Waals surface area contributed by atoms with Crippen LogP contribution in [0.25, 0.3) is 0 Å². The van der Waals surface area contributed by atoms with Gasteiger partial charge < -0.3 is 4.57 Å². The average molecular weight is 413 g/mol. The van der Waals surface area contributed by atoms with Crippen molar-refractivity contribution in [2.75, 3.05) is 17.8 Å². The number of rotatable bonds is 5. The van der Waals surface area contributed by atoms with E-state index in [-0.39, 0.29) is 15.6 Å². The monoisotopic (exact) mass is 412 g/mol. The molecule has 3 rings (SSSR count). The van der Waals surface area contributed by atoms with E-state index >= 15 is 0 Å². The number of anilines is 1. The molecule has 1 fully saturated rings. The van der Waals surface area contributed by atoms with Crippen LogP contribution in [0.2, 0.25) is 0 Å². The van der Waals surface area contributed by atoms with Crippen molar-refractivity contribution in [2.45, 2.75) is 43.0 Å². The van der Waals surface area contributed by atoms with Crippen LogP contribution in [0.3, 0.4) is 0 Å². The summed E-state index contributed by atoms with van der Waals surface area (Å²) < 4.78 is 56.5. The maximum Gasteiger partial charge on any atom is 0.280 e. The van der Waals surface area contributed by atoms with Gasteiger partial charge in [0.25, 0.3) is 10.0 Å². The van der Waals surface area contributed by atoms with E-state index in [1.54, 1.807) is 31.5 Å². The number of hydrogen-bond acceptors (Lipinski definition) is 5. The maximum absolute atomic E-state index is 12.9. The molecule has 1 aromatic heterocycles. The lowest BCUT2D eigenvalue weighted by Gasteiger charge is -2.26. The van der Waals surface area contributed by atoms with Gasteiger partial charge in [0.15, 0.2) is 5.03 Å². The Morgan fingerprint density at radius 3 is 2.30 bits per heavy atom. The highest BCUT2D eigenvalue weighted by molar-refractivity contribution is 7.92. The van der Waals surface area contributed by atoms with Gasteiger partial charge in [-0.3, -0.25) is 4.72 Å². The second-order valence-corrected chi connectivity index (χ2v) is 10.4. The summed E-state index contributed by atoms with van der Waals surface area (Å²) in [6, 6.07) is 4.51. The smallest absolute Gasteiger partial charge is 0.280 e. The second kappa shape index (κ2) is 7.25. The highest BCUT2D eigenvalue weighted by atomic mass is 32.2. The average Bonchev–Trinajstić information content (AvgIpc) is 2.97. The fourth-order valence-corrected chi connectivity index (χ4v) is 5.69. The van der Waals surface area contributed by atoms with Crippen molar-refractivity contribution in [3.05, 3.63) is 35.8 Å². The Hall–Kier alpha value is -1.91. The number of aryl methyl sites for hydroxylation is 3. The Kier molecular flexibility index (Phi) is 5.33. The summed E-state index contributed by atoms with van der Waals surface area (Å²) >= 11 is 0. The minimum atomic E-state index is -3.91. The lowest BCUT2D eigenvalue weighted by molar-refractivity contribution is 0.346. The fourth-order valence-electron chi connectivity index (χ4n) is 2.98. The van der Waals surface area contributed by atoms with Gasteiger partial charge in [-0.05, 0) is 44.4 Å². The molecule has 1 aliphatic heterocycles. The van der Waals surface area contributed by atoms with Gasteiger partial charge in [-0.15, -0.1) is 0 Å². The van der Waals surface area contributed by atoms with Crippen molar-refractivity contribution in [3.8, 4) is 0 Å². The first-order valence-electron chi connectivity index (χ1n) is 8.75. The molecule has 0 aliphatic carbocycles. The number of hydrogen-bond donors (Lipinski definition) is 1. The number of imidazole rings is 1. The van der Waals surface area contributed by atoms with Crippen LogP contribution in [-0.4, -0.2) is 43.8 Å². The van der Waals surface area contributed by atoms with Crippen LogP contribution in [0, 0.1) is 13.8 Å². The molecule has 0 saturated carbocycles. The molecule has 1 aliphatic rings. The Morgan fingerprint density at radius 1 is 1.04 bits per heavy atom. The van der Waals surface area contributed by atoms with Gasteiger partial charge in [0.05, 0.1) is 10.6 Å². The summed E-state index contributed by atoms with van der Waals surface area (Å²) in [7, 11) is -5.85. The summed E-state index contributed by atoms with van der Waals surface area (Å²) in [5.74, 6) is 0.563. The quantitative estimate of drug-likeness (QED) is 0.809. The van der Waals surface area contributed by atoms with Crippen LogP contribution in [-0.2, 0) is 27.1 Å². The summed E-state index contributed by atoms with van der Waals surface area (Å²) in [6.07, 6.45) is 4.11. The first-order chi connectivity index (χ1) is 12.6. The SMILES string of the molecule is Cc1ccc(S(=O)(=O)N2CCCCC2)cc1NS(=O)(=O)c1cn(C)c(C)n1. The molecule has 2 heterocycles. The molecule has 2 aromatic rings. The summed E-state index contributed by atoms with van der Waals surface area (Å²) in [5.41, 5.74) is 0.861. The molecule has 27 heavy (non-hydrogen) atoms. The van der Waals surface area contributed by atoms with Crippen LogP contribution in [0.15, 0.2) is 34.3 Å². The Balaban J connectivity index is 1.94. The normalized spacial score (nSPS) is 16.4. The molecule has 0 amide bonds. The molecule has 0 atom stereocenters. The summed E-state index contributed by atoms with van der Waals surface area (Å²) in [4.78, 5) is 4.13. The molecule has 0 radical (unpaired) electrons. The molecule has 0 bridgehead atoms. The molecule has 148 valence electrons. The first-order valence-corrected chi connectivity index (χ1v) is 11.7. The third-order valence-electron chi connectivity index (χ3n) is 4.77. The van der Waals surface area contributed by atoms with Crippen molar-refractivity contribution in [1.29, 1.82) is 0 Å². The Morgan fingerprint density at radius 2 is 1.70 bits per heavy atom. The van der Waals surface area contributed by atoms with Crippen molar-refractivity contribution in [3.63, 3.8) is 0 Å². The van der Waals surface area contributed by atoms with E-state index in [0.717, 1.165) is 19.3 Å². The largest absolute Gasteiger partial charge is 0.337 e.